The van der Waals surface area contributed by atoms with Crippen LogP contribution in [0.2, 0.25) is 0 Å². The highest BCUT2D eigenvalue weighted by molar-refractivity contribution is 5.43. The van der Waals surface area contributed by atoms with Crippen LogP contribution >= 0.6 is 0 Å². The molecule has 0 bridgehead atoms. The van der Waals surface area contributed by atoms with E-state index in [2.05, 4.69) is 43.4 Å². The first kappa shape index (κ1) is 12.9. The van der Waals surface area contributed by atoms with E-state index in [0.717, 1.165) is 11.5 Å². The summed E-state index contributed by atoms with van der Waals surface area (Å²) in [4.78, 5) is 0. The molecule has 18 heavy (non-hydrogen) atoms. The van der Waals surface area contributed by atoms with Crippen molar-refractivity contribution >= 4 is 0 Å². The average Bonchev–Trinajstić information content (AvgIpc) is 2.59. The topological polar surface area (TPSA) is 25.2 Å². The molecular weight excluding hydrogens is 222 g/mol. The van der Waals surface area contributed by atoms with E-state index >= 15 is 0 Å². The van der Waals surface area contributed by atoms with E-state index < -0.39 is 0 Å². The molecule has 0 aliphatic heterocycles. The first-order valence-electron chi connectivity index (χ1n) is 6.35. The van der Waals surface area contributed by atoms with Crippen molar-refractivity contribution in [3.63, 3.8) is 0 Å². The Kier molecular flexibility index (Phi) is 3.58. The fourth-order valence-electron chi connectivity index (χ4n) is 2.60. The molecule has 0 aliphatic rings. The number of nitrogens with one attached hydrogen (secondary N) is 1. The number of hydrogen-bond donors (Lipinski definition) is 1. The third kappa shape index (κ3) is 2.08. The van der Waals surface area contributed by atoms with Crippen LogP contribution in [-0.2, 0) is 0 Å². The largest absolute Gasteiger partial charge is 0.466 e. The highest BCUT2D eigenvalue weighted by Gasteiger charge is 2.22. The molecule has 0 saturated carbocycles. The van der Waals surface area contributed by atoms with Gasteiger partial charge in [-0.3, -0.25) is 0 Å². The molecule has 2 rings (SSSR count). The fraction of sp³-hybridized carbons (Fsp3) is 0.375. The Morgan fingerprint density at radius 2 is 1.67 bits per heavy atom. The lowest BCUT2D eigenvalue weighted by atomic mass is 9.93. The lowest BCUT2D eigenvalue weighted by molar-refractivity contribution is 0.495. The molecule has 0 radical (unpaired) electrons. The van der Waals surface area contributed by atoms with Crippen LogP contribution in [0.15, 0.2) is 28.7 Å². The van der Waals surface area contributed by atoms with Crippen molar-refractivity contribution in [1.82, 2.24) is 5.32 Å². The van der Waals surface area contributed by atoms with E-state index in [9.17, 15) is 0 Å². The molecule has 1 unspecified atom stereocenters. The zero-order valence-corrected chi connectivity index (χ0v) is 11.8. The van der Waals surface area contributed by atoms with Gasteiger partial charge in [0.1, 0.15) is 11.5 Å². The summed E-state index contributed by atoms with van der Waals surface area (Å²) in [5.41, 5.74) is 5.13. The molecule has 1 heterocycles. The lowest BCUT2D eigenvalue weighted by Gasteiger charge is -2.19. The predicted molar refractivity (Wildman–Crippen MR) is 75.0 cm³/mol. The van der Waals surface area contributed by atoms with Crippen LogP contribution in [0.1, 0.15) is 39.8 Å². The monoisotopic (exact) mass is 243 g/mol. The SMILES string of the molecule is CNC(c1ccccc1C)c1c(C)oc(C)c1C. The highest BCUT2D eigenvalue weighted by Crippen LogP contribution is 2.32. The molecule has 1 N–H and O–H groups in total. The van der Waals surface area contributed by atoms with E-state index in [0.29, 0.717) is 0 Å². The van der Waals surface area contributed by atoms with E-state index in [1.54, 1.807) is 0 Å². The number of rotatable bonds is 3. The maximum Gasteiger partial charge on any atom is 0.106 e. The van der Waals surface area contributed by atoms with Gasteiger partial charge in [-0.1, -0.05) is 24.3 Å². The Hall–Kier alpha value is -1.54. The fourth-order valence-corrected chi connectivity index (χ4v) is 2.60. The van der Waals surface area contributed by atoms with E-state index in [-0.39, 0.29) is 6.04 Å². The second kappa shape index (κ2) is 4.99. The standard InChI is InChI=1S/C16H21NO/c1-10-8-6-7-9-14(10)16(17-5)15-11(2)12(3)18-13(15)4/h6-9,16-17H,1-5H3. The minimum Gasteiger partial charge on any atom is -0.466 e. The van der Waals surface area contributed by atoms with Gasteiger partial charge in [0.15, 0.2) is 0 Å². The van der Waals surface area contributed by atoms with Crippen molar-refractivity contribution in [2.75, 3.05) is 7.05 Å². The van der Waals surface area contributed by atoms with Crippen LogP contribution in [-0.4, -0.2) is 7.05 Å². The van der Waals surface area contributed by atoms with Crippen LogP contribution in [0.4, 0.5) is 0 Å². The Morgan fingerprint density at radius 1 is 1.00 bits per heavy atom. The third-order valence-corrected chi connectivity index (χ3v) is 3.69. The minimum atomic E-state index is 0.198. The van der Waals surface area contributed by atoms with E-state index in [1.165, 1.54) is 22.3 Å². The zero-order valence-electron chi connectivity index (χ0n) is 11.8. The van der Waals surface area contributed by atoms with Crippen molar-refractivity contribution in [2.24, 2.45) is 0 Å². The number of benzene rings is 1. The summed E-state index contributed by atoms with van der Waals surface area (Å²) >= 11 is 0. The summed E-state index contributed by atoms with van der Waals surface area (Å²) in [6, 6.07) is 8.69. The van der Waals surface area contributed by atoms with Gasteiger partial charge in [0.2, 0.25) is 0 Å². The van der Waals surface area contributed by atoms with Crippen molar-refractivity contribution < 1.29 is 4.42 Å². The number of hydrogen-bond acceptors (Lipinski definition) is 2. The van der Waals surface area contributed by atoms with Crippen LogP contribution in [0, 0.1) is 27.7 Å². The molecule has 0 spiro atoms. The number of furan rings is 1. The average molecular weight is 243 g/mol. The smallest absolute Gasteiger partial charge is 0.106 e. The molecule has 1 aromatic carbocycles. The van der Waals surface area contributed by atoms with Crippen molar-refractivity contribution in [3.8, 4) is 0 Å². The Balaban J connectivity index is 2.56. The highest BCUT2D eigenvalue weighted by atomic mass is 16.3. The third-order valence-electron chi connectivity index (χ3n) is 3.69. The molecule has 1 atom stereocenters. The van der Waals surface area contributed by atoms with Gasteiger partial charge in [-0.25, -0.2) is 0 Å². The maximum atomic E-state index is 5.75. The quantitative estimate of drug-likeness (QED) is 0.886. The van der Waals surface area contributed by atoms with Gasteiger partial charge >= 0.3 is 0 Å². The van der Waals surface area contributed by atoms with Gasteiger partial charge in [0.25, 0.3) is 0 Å². The molecule has 0 saturated heterocycles. The lowest BCUT2D eigenvalue weighted by Crippen LogP contribution is -2.19. The van der Waals surface area contributed by atoms with Gasteiger partial charge < -0.3 is 9.73 Å². The Morgan fingerprint density at radius 3 is 2.17 bits per heavy atom. The molecular formula is C16H21NO. The summed E-state index contributed by atoms with van der Waals surface area (Å²) in [5, 5.41) is 3.41. The minimum absolute atomic E-state index is 0.198. The van der Waals surface area contributed by atoms with Crippen molar-refractivity contribution in [3.05, 3.63) is 58.0 Å². The molecule has 96 valence electrons. The first-order chi connectivity index (χ1) is 8.56. The summed E-state index contributed by atoms with van der Waals surface area (Å²) in [7, 11) is 2.00. The molecule has 1 aromatic heterocycles. The second-order valence-corrected chi connectivity index (χ2v) is 4.83. The summed E-state index contributed by atoms with van der Waals surface area (Å²) in [6.45, 7) is 8.34. The summed E-state index contributed by atoms with van der Waals surface area (Å²) in [6.07, 6.45) is 0. The van der Waals surface area contributed by atoms with Crippen molar-refractivity contribution in [2.45, 2.75) is 33.7 Å². The molecule has 2 aromatic rings. The summed E-state index contributed by atoms with van der Waals surface area (Å²) < 4.78 is 5.75. The molecule has 2 heteroatoms. The van der Waals surface area contributed by atoms with Crippen LogP contribution in [0.25, 0.3) is 0 Å². The molecule has 0 aliphatic carbocycles. The predicted octanol–water partition coefficient (Wildman–Crippen LogP) is 3.82. The first-order valence-corrected chi connectivity index (χ1v) is 6.35. The van der Waals surface area contributed by atoms with Gasteiger partial charge in [-0.05, 0) is 51.4 Å². The molecule has 0 amide bonds. The van der Waals surface area contributed by atoms with Crippen molar-refractivity contribution in [1.29, 1.82) is 0 Å². The Labute approximate surface area is 109 Å². The van der Waals surface area contributed by atoms with Gasteiger partial charge in [-0.2, -0.15) is 0 Å². The van der Waals surface area contributed by atoms with Crippen LogP contribution in [0.5, 0.6) is 0 Å². The summed E-state index contributed by atoms with van der Waals surface area (Å²) in [5.74, 6) is 2.02. The van der Waals surface area contributed by atoms with E-state index in [4.69, 9.17) is 4.42 Å². The molecule has 0 fully saturated rings. The zero-order chi connectivity index (χ0) is 13.3. The van der Waals surface area contributed by atoms with Crippen LogP contribution in [0.3, 0.4) is 0 Å². The van der Waals surface area contributed by atoms with Gasteiger partial charge in [0.05, 0.1) is 6.04 Å². The number of aryl methyl sites for hydroxylation is 3. The second-order valence-electron chi connectivity index (χ2n) is 4.83. The van der Waals surface area contributed by atoms with Gasteiger partial charge in [0, 0.05) is 5.56 Å². The van der Waals surface area contributed by atoms with Gasteiger partial charge in [-0.15, -0.1) is 0 Å². The Bertz CT molecular complexity index is 554. The maximum absolute atomic E-state index is 5.75. The normalized spacial score (nSPS) is 12.7. The van der Waals surface area contributed by atoms with E-state index in [1.807, 2.05) is 20.9 Å². The van der Waals surface area contributed by atoms with Crippen LogP contribution < -0.4 is 5.32 Å². The molecule has 2 nitrogen and oxygen atoms in total.